The van der Waals surface area contributed by atoms with E-state index in [0.717, 1.165) is 18.4 Å². The van der Waals surface area contributed by atoms with Crippen LogP contribution in [0.2, 0.25) is 5.02 Å². The lowest BCUT2D eigenvalue weighted by molar-refractivity contribution is -0.145. The molecule has 0 aromatic heterocycles. The summed E-state index contributed by atoms with van der Waals surface area (Å²) in [6.07, 6.45) is 2.01. The lowest BCUT2D eigenvalue weighted by atomic mass is 10.1. The zero-order chi connectivity index (χ0) is 12.7. The van der Waals surface area contributed by atoms with Gasteiger partial charge < -0.3 is 10.5 Å². The number of ether oxygens (including phenoxy) is 1. The molecule has 0 saturated carbocycles. The summed E-state index contributed by atoms with van der Waals surface area (Å²) in [5.74, 6) is -0.203. The smallest absolute Gasteiger partial charge is 0.306 e. The van der Waals surface area contributed by atoms with Crippen molar-refractivity contribution in [3.05, 3.63) is 34.9 Å². The molecule has 3 nitrogen and oxygen atoms in total. The summed E-state index contributed by atoms with van der Waals surface area (Å²) in [5, 5.41) is 0.621. The van der Waals surface area contributed by atoms with Gasteiger partial charge in [-0.25, -0.2) is 0 Å². The fraction of sp³-hybridized carbons (Fsp3) is 0.462. The van der Waals surface area contributed by atoms with E-state index in [1.807, 2.05) is 25.1 Å². The van der Waals surface area contributed by atoms with Crippen LogP contribution >= 0.6 is 11.6 Å². The first-order chi connectivity index (χ1) is 8.09. The molecule has 0 radical (unpaired) electrons. The molecule has 0 heterocycles. The molecule has 0 aliphatic heterocycles. The molecule has 4 heteroatoms. The second-order valence-electron chi connectivity index (χ2n) is 4.12. The standard InChI is InChI=1S/C13H18ClNO2/c1-10(15)5-4-8-13(16)17-9-11-6-2-3-7-12(11)14/h2-3,6-7,10H,4-5,8-9,15H2,1H3. The van der Waals surface area contributed by atoms with E-state index in [1.165, 1.54) is 0 Å². The van der Waals surface area contributed by atoms with Crippen LogP contribution in [-0.2, 0) is 16.1 Å². The van der Waals surface area contributed by atoms with Crippen molar-refractivity contribution in [3.8, 4) is 0 Å². The quantitative estimate of drug-likeness (QED) is 0.796. The molecule has 1 aromatic carbocycles. The number of benzene rings is 1. The molecule has 0 bridgehead atoms. The maximum atomic E-state index is 11.4. The van der Waals surface area contributed by atoms with Gasteiger partial charge in [-0.15, -0.1) is 0 Å². The predicted molar refractivity (Wildman–Crippen MR) is 68.7 cm³/mol. The molecular weight excluding hydrogens is 238 g/mol. The van der Waals surface area contributed by atoms with Crippen LogP contribution in [-0.4, -0.2) is 12.0 Å². The van der Waals surface area contributed by atoms with Gasteiger partial charge in [0.25, 0.3) is 0 Å². The second kappa shape index (κ2) is 7.30. The van der Waals surface area contributed by atoms with E-state index < -0.39 is 0 Å². The Hall–Kier alpha value is -1.06. The van der Waals surface area contributed by atoms with Gasteiger partial charge in [-0.2, -0.15) is 0 Å². The van der Waals surface area contributed by atoms with Crippen LogP contribution in [0.25, 0.3) is 0 Å². The summed E-state index contributed by atoms with van der Waals surface area (Å²) in [7, 11) is 0. The molecule has 0 aliphatic carbocycles. The largest absolute Gasteiger partial charge is 0.461 e. The van der Waals surface area contributed by atoms with Crippen molar-refractivity contribution in [1.82, 2.24) is 0 Å². The van der Waals surface area contributed by atoms with E-state index in [0.29, 0.717) is 11.4 Å². The van der Waals surface area contributed by atoms with E-state index in [-0.39, 0.29) is 18.6 Å². The normalized spacial score (nSPS) is 12.2. The molecule has 0 spiro atoms. The third kappa shape index (κ3) is 5.71. The Morgan fingerprint density at radius 2 is 2.18 bits per heavy atom. The van der Waals surface area contributed by atoms with Crippen LogP contribution in [0.4, 0.5) is 0 Å². The van der Waals surface area contributed by atoms with Crippen LogP contribution in [0.1, 0.15) is 31.7 Å². The summed E-state index contributed by atoms with van der Waals surface area (Å²) >= 11 is 5.95. The molecule has 1 atom stereocenters. The second-order valence-corrected chi connectivity index (χ2v) is 4.53. The van der Waals surface area contributed by atoms with Gasteiger partial charge in [-0.1, -0.05) is 29.8 Å². The van der Waals surface area contributed by atoms with Crippen LogP contribution in [0, 0.1) is 0 Å². The summed E-state index contributed by atoms with van der Waals surface area (Å²) in [6.45, 7) is 2.16. The van der Waals surface area contributed by atoms with Gasteiger partial charge >= 0.3 is 5.97 Å². The third-order valence-electron chi connectivity index (χ3n) is 2.39. The van der Waals surface area contributed by atoms with Gasteiger partial charge in [-0.05, 0) is 25.8 Å². The summed E-state index contributed by atoms with van der Waals surface area (Å²) in [5.41, 5.74) is 6.42. The van der Waals surface area contributed by atoms with Crippen molar-refractivity contribution in [1.29, 1.82) is 0 Å². The molecule has 94 valence electrons. The molecule has 2 N–H and O–H groups in total. The monoisotopic (exact) mass is 255 g/mol. The average molecular weight is 256 g/mol. The molecule has 1 rings (SSSR count). The highest BCUT2D eigenvalue weighted by Crippen LogP contribution is 2.16. The van der Waals surface area contributed by atoms with Gasteiger partial charge in [-0.3, -0.25) is 4.79 Å². The Balaban J connectivity index is 2.26. The first-order valence-corrected chi connectivity index (χ1v) is 6.12. The molecule has 0 aliphatic rings. The van der Waals surface area contributed by atoms with Gasteiger partial charge in [0.05, 0.1) is 0 Å². The molecule has 0 amide bonds. The van der Waals surface area contributed by atoms with Crippen LogP contribution in [0.3, 0.4) is 0 Å². The Labute approximate surface area is 107 Å². The first kappa shape index (κ1) is 14.0. The minimum absolute atomic E-state index is 0.131. The Morgan fingerprint density at radius 1 is 1.47 bits per heavy atom. The van der Waals surface area contributed by atoms with Gasteiger partial charge in [0.2, 0.25) is 0 Å². The summed E-state index contributed by atoms with van der Waals surface area (Å²) in [6, 6.07) is 7.46. The van der Waals surface area contributed by atoms with Crippen molar-refractivity contribution in [2.24, 2.45) is 5.73 Å². The van der Waals surface area contributed by atoms with Crippen molar-refractivity contribution in [2.75, 3.05) is 0 Å². The topological polar surface area (TPSA) is 52.3 Å². The highest BCUT2D eigenvalue weighted by atomic mass is 35.5. The van der Waals surface area contributed by atoms with Gasteiger partial charge in [0.15, 0.2) is 0 Å². The molecular formula is C13H18ClNO2. The summed E-state index contributed by atoms with van der Waals surface area (Å²) < 4.78 is 5.13. The molecule has 1 aromatic rings. The third-order valence-corrected chi connectivity index (χ3v) is 2.76. The zero-order valence-electron chi connectivity index (χ0n) is 9.99. The van der Waals surface area contributed by atoms with Crippen LogP contribution in [0.15, 0.2) is 24.3 Å². The van der Waals surface area contributed by atoms with E-state index in [1.54, 1.807) is 6.07 Å². The number of nitrogens with two attached hydrogens (primary N) is 1. The molecule has 17 heavy (non-hydrogen) atoms. The molecule has 0 saturated heterocycles. The Kier molecular flexibility index (Phi) is 6.01. The Morgan fingerprint density at radius 3 is 2.82 bits per heavy atom. The number of rotatable bonds is 6. The van der Waals surface area contributed by atoms with E-state index in [4.69, 9.17) is 22.1 Å². The average Bonchev–Trinajstić information content (AvgIpc) is 2.27. The van der Waals surface area contributed by atoms with E-state index >= 15 is 0 Å². The Bertz CT molecular complexity index is 366. The number of hydrogen-bond donors (Lipinski definition) is 1. The first-order valence-electron chi connectivity index (χ1n) is 5.74. The van der Waals surface area contributed by atoms with Crippen molar-refractivity contribution < 1.29 is 9.53 Å². The minimum atomic E-state index is -0.203. The lowest BCUT2D eigenvalue weighted by Gasteiger charge is -2.07. The van der Waals surface area contributed by atoms with Gasteiger partial charge in [0.1, 0.15) is 6.61 Å². The fourth-order valence-electron chi connectivity index (χ4n) is 1.41. The van der Waals surface area contributed by atoms with Crippen molar-refractivity contribution in [3.63, 3.8) is 0 Å². The number of carbonyl (C=O) groups is 1. The number of hydrogen-bond acceptors (Lipinski definition) is 3. The fourth-order valence-corrected chi connectivity index (χ4v) is 1.60. The SMILES string of the molecule is CC(N)CCCC(=O)OCc1ccccc1Cl. The highest BCUT2D eigenvalue weighted by molar-refractivity contribution is 6.31. The van der Waals surface area contributed by atoms with Crippen LogP contribution < -0.4 is 5.73 Å². The highest BCUT2D eigenvalue weighted by Gasteiger charge is 2.06. The van der Waals surface area contributed by atoms with Gasteiger partial charge in [0, 0.05) is 23.0 Å². The minimum Gasteiger partial charge on any atom is -0.461 e. The predicted octanol–water partition coefficient (Wildman–Crippen LogP) is 2.90. The molecule has 1 unspecified atom stereocenters. The molecule has 0 fully saturated rings. The number of halogens is 1. The maximum Gasteiger partial charge on any atom is 0.306 e. The summed E-state index contributed by atoms with van der Waals surface area (Å²) in [4.78, 5) is 11.4. The number of carbonyl (C=O) groups excluding carboxylic acids is 1. The maximum absolute atomic E-state index is 11.4. The van der Waals surface area contributed by atoms with Crippen molar-refractivity contribution in [2.45, 2.75) is 38.8 Å². The van der Waals surface area contributed by atoms with Crippen LogP contribution in [0.5, 0.6) is 0 Å². The van der Waals surface area contributed by atoms with E-state index in [9.17, 15) is 4.79 Å². The number of esters is 1. The zero-order valence-corrected chi connectivity index (χ0v) is 10.7. The lowest BCUT2D eigenvalue weighted by Crippen LogP contribution is -2.15. The van der Waals surface area contributed by atoms with Crippen molar-refractivity contribution >= 4 is 17.6 Å². The van der Waals surface area contributed by atoms with E-state index in [2.05, 4.69) is 0 Å².